The third-order valence-corrected chi connectivity index (χ3v) is 4.27. The lowest BCUT2D eigenvalue weighted by atomic mass is 10.1. The van der Waals surface area contributed by atoms with Crippen LogP contribution in [0, 0.1) is 6.92 Å². The number of halogens is 2. The summed E-state index contributed by atoms with van der Waals surface area (Å²) in [6.07, 6.45) is 2.09. The van der Waals surface area contributed by atoms with Crippen LogP contribution >= 0.6 is 31.9 Å². The van der Waals surface area contributed by atoms with Gasteiger partial charge in [0.25, 0.3) is 5.91 Å². The molecule has 110 valence electrons. The van der Waals surface area contributed by atoms with E-state index >= 15 is 0 Å². The largest absolute Gasteiger partial charge is 0.322 e. The number of nitrogens with one attached hydrogen (secondary N) is 1. The molecule has 0 saturated heterocycles. The number of rotatable bonds is 5. The lowest BCUT2D eigenvalue weighted by Crippen LogP contribution is -2.13. The van der Waals surface area contributed by atoms with E-state index in [-0.39, 0.29) is 5.91 Å². The normalized spacial score (nSPS) is 10.4. The van der Waals surface area contributed by atoms with Crippen molar-refractivity contribution in [3.8, 4) is 0 Å². The van der Waals surface area contributed by atoms with Crippen LogP contribution in [0.15, 0.2) is 46.9 Å². The van der Waals surface area contributed by atoms with Gasteiger partial charge in [-0.25, -0.2) is 0 Å². The lowest BCUT2D eigenvalue weighted by molar-refractivity contribution is 0.102. The number of hydrogen-bond donors (Lipinski definition) is 1. The van der Waals surface area contributed by atoms with Crippen LogP contribution in [0.3, 0.4) is 0 Å². The first-order chi connectivity index (χ1) is 10.1. The highest BCUT2D eigenvalue weighted by Gasteiger charge is 2.09. The summed E-state index contributed by atoms with van der Waals surface area (Å²) in [5, 5.41) is 3.96. The van der Waals surface area contributed by atoms with E-state index in [0.717, 1.165) is 33.9 Å². The van der Waals surface area contributed by atoms with Crippen molar-refractivity contribution in [1.82, 2.24) is 0 Å². The third kappa shape index (κ3) is 4.68. The van der Waals surface area contributed by atoms with Crippen molar-refractivity contribution in [2.75, 3.05) is 10.6 Å². The number of amides is 1. The Morgan fingerprint density at radius 1 is 1.19 bits per heavy atom. The van der Waals surface area contributed by atoms with Gasteiger partial charge in [-0.15, -0.1) is 0 Å². The predicted octanol–water partition coefficient (Wildman–Crippen LogP) is 5.34. The Morgan fingerprint density at radius 3 is 2.71 bits per heavy atom. The Labute approximate surface area is 142 Å². The number of aryl methyl sites for hydroxylation is 2. The lowest BCUT2D eigenvalue weighted by Gasteiger charge is -2.09. The number of anilines is 1. The predicted molar refractivity (Wildman–Crippen MR) is 95.4 cm³/mol. The minimum absolute atomic E-state index is 0.0716. The van der Waals surface area contributed by atoms with Gasteiger partial charge < -0.3 is 5.32 Å². The van der Waals surface area contributed by atoms with Crippen molar-refractivity contribution in [3.63, 3.8) is 0 Å². The standard InChI is InChI=1S/C17H17Br2NO/c1-12-10-14(19)7-8-16(12)17(21)20-15-6-2-4-13(11-15)5-3-9-18/h2,4,6-8,10-11H,3,5,9H2,1H3,(H,20,21). The summed E-state index contributed by atoms with van der Waals surface area (Å²) in [5.41, 5.74) is 3.73. The molecule has 0 aromatic heterocycles. The van der Waals surface area contributed by atoms with Gasteiger partial charge in [-0.2, -0.15) is 0 Å². The minimum atomic E-state index is -0.0716. The first kappa shape index (κ1) is 16.2. The van der Waals surface area contributed by atoms with Crippen molar-refractivity contribution in [1.29, 1.82) is 0 Å². The molecule has 0 bridgehead atoms. The van der Waals surface area contributed by atoms with E-state index in [9.17, 15) is 4.79 Å². The molecule has 0 heterocycles. The zero-order valence-corrected chi connectivity index (χ0v) is 15.0. The van der Waals surface area contributed by atoms with Crippen LogP contribution in [0.4, 0.5) is 5.69 Å². The Bertz CT molecular complexity index is 640. The Hall–Kier alpha value is -1.13. The Morgan fingerprint density at radius 2 is 2.00 bits per heavy atom. The second-order valence-electron chi connectivity index (χ2n) is 4.91. The van der Waals surface area contributed by atoms with Gasteiger partial charge in [0.05, 0.1) is 0 Å². The Balaban J connectivity index is 2.12. The quantitative estimate of drug-likeness (QED) is 0.662. The topological polar surface area (TPSA) is 29.1 Å². The molecule has 0 fully saturated rings. The molecule has 0 spiro atoms. The van der Waals surface area contributed by atoms with Gasteiger partial charge in [-0.3, -0.25) is 4.79 Å². The maximum Gasteiger partial charge on any atom is 0.255 e. The van der Waals surface area contributed by atoms with Gasteiger partial charge in [-0.1, -0.05) is 44.0 Å². The third-order valence-electron chi connectivity index (χ3n) is 3.22. The fourth-order valence-corrected chi connectivity index (χ4v) is 2.91. The molecule has 0 unspecified atom stereocenters. The second-order valence-corrected chi connectivity index (χ2v) is 6.61. The molecule has 21 heavy (non-hydrogen) atoms. The first-order valence-electron chi connectivity index (χ1n) is 6.82. The van der Waals surface area contributed by atoms with Gasteiger partial charge in [0.15, 0.2) is 0 Å². The smallest absolute Gasteiger partial charge is 0.255 e. The summed E-state index contributed by atoms with van der Waals surface area (Å²) >= 11 is 6.85. The van der Waals surface area contributed by atoms with Gasteiger partial charge in [-0.05, 0) is 61.2 Å². The van der Waals surface area contributed by atoms with Crippen LogP contribution in [0.2, 0.25) is 0 Å². The van der Waals surface area contributed by atoms with Crippen molar-refractivity contribution in [2.45, 2.75) is 19.8 Å². The summed E-state index contributed by atoms with van der Waals surface area (Å²) in [6, 6.07) is 13.7. The van der Waals surface area contributed by atoms with Gasteiger partial charge in [0, 0.05) is 21.1 Å². The van der Waals surface area contributed by atoms with Crippen molar-refractivity contribution in [3.05, 3.63) is 63.6 Å². The zero-order chi connectivity index (χ0) is 15.2. The highest BCUT2D eigenvalue weighted by molar-refractivity contribution is 9.10. The monoisotopic (exact) mass is 409 g/mol. The number of hydrogen-bond acceptors (Lipinski definition) is 1. The van der Waals surface area contributed by atoms with E-state index in [1.165, 1.54) is 5.56 Å². The van der Waals surface area contributed by atoms with E-state index in [2.05, 4.69) is 43.2 Å². The van der Waals surface area contributed by atoms with Gasteiger partial charge >= 0.3 is 0 Å². The molecule has 1 amide bonds. The van der Waals surface area contributed by atoms with E-state index in [1.54, 1.807) is 0 Å². The molecule has 2 aromatic rings. The summed E-state index contributed by atoms with van der Waals surface area (Å²) in [5.74, 6) is -0.0716. The van der Waals surface area contributed by atoms with E-state index in [0.29, 0.717) is 5.56 Å². The minimum Gasteiger partial charge on any atom is -0.322 e. The van der Waals surface area contributed by atoms with Crippen LogP contribution in [0.25, 0.3) is 0 Å². The molecule has 0 radical (unpaired) electrons. The van der Waals surface area contributed by atoms with E-state index < -0.39 is 0 Å². The second kappa shape index (κ2) is 7.76. The van der Waals surface area contributed by atoms with E-state index in [4.69, 9.17) is 0 Å². The number of carbonyl (C=O) groups excluding carboxylic acids is 1. The fourth-order valence-electron chi connectivity index (χ4n) is 2.16. The number of benzene rings is 2. The Kier molecular flexibility index (Phi) is 6.00. The molecule has 2 rings (SSSR count). The summed E-state index contributed by atoms with van der Waals surface area (Å²) in [7, 11) is 0. The average Bonchev–Trinajstić information content (AvgIpc) is 2.45. The van der Waals surface area contributed by atoms with Crippen LogP contribution < -0.4 is 5.32 Å². The number of alkyl halides is 1. The molecular formula is C17H17Br2NO. The molecule has 4 heteroatoms. The molecule has 0 aliphatic carbocycles. The average molecular weight is 411 g/mol. The van der Waals surface area contributed by atoms with Crippen LogP contribution in [-0.2, 0) is 6.42 Å². The molecule has 1 N–H and O–H groups in total. The highest BCUT2D eigenvalue weighted by Crippen LogP contribution is 2.18. The maximum absolute atomic E-state index is 12.3. The fraction of sp³-hybridized carbons (Fsp3) is 0.235. The maximum atomic E-state index is 12.3. The summed E-state index contributed by atoms with van der Waals surface area (Å²) < 4.78 is 0.980. The molecule has 0 aliphatic heterocycles. The van der Waals surface area contributed by atoms with Crippen molar-refractivity contribution in [2.24, 2.45) is 0 Å². The molecule has 2 aromatic carbocycles. The molecule has 2 nitrogen and oxygen atoms in total. The van der Waals surface area contributed by atoms with Gasteiger partial charge in [0.2, 0.25) is 0 Å². The highest BCUT2D eigenvalue weighted by atomic mass is 79.9. The SMILES string of the molecule is Cc1cc(Br)ccc1C(=O)Nc1cccc(CCCBr)c1. The molecule has 0 saturated carbocycles. The van der Waals surface area contributed by atoms with Crippen LogP contribution in [-0.4, -0.2) is 11.2 Å². The summed E-state index contributed by atoms with van der Waals surface area (Å²) in [4.78, 5) is 12.3. The van der Waals surface area contributed by atoms with Crippen LogP contribution in [0.5, 0.6) is 0 Å². The first-order valence-corrected chi connectivity index (χ1v) is 8.74. The molecule has 0 aliphatic rings. The van der Waals surface area contributed by atoms with E-state index in [1.807, 2.05) is 43.3 Å². The molecule has 0 atom stereocenters. The number of carbonyl (C=O) groups is 1. The molecular weight excluding hydrogens is 394 g/mol. The van der Waals surface area contributed by atoms with Gasteiger partial charge in [0.1, 0.15) is 0 Å². The van der Waals surface area contributed by atoms with Crippen molar-refractivity contribution < 1.29 is 4.79 Å². The van der Waals surface area contributed by atoms with Crippen molar-refractivity contribution >= 4 is 43.5 Å². The van der Waals surface area contributed by atoms with Crippen LogP contribution in [0.1, 0.15) is 27.9 Å². The summed E-state index contributed by atoms with van der Waals surface area (Å²) in [6.45, 7) is 1.94. The zero-order valence-electron chi connectivity index (χ0n) is 11.8.